The Kier molecular flexibility index (Phi) is 5.74. The van der Waals surface area contributed by atoms with Gasteiger partial charge in [-0.2, -0.15) is 5.26 Å². The van der Waals surface area contributed by atoms with Crippen LogP contribution in [0, 0.1) is 28.4 Å². The summed E-state index contributed by atoms with van der Waals surface area (Å²) in [5.74, 6) is -0.917. The first-order valence-corrected chi connectivity index (χ1v) is 7.31. The van der Waals surface area contributed by atoms with Crippen molar-refractivity contribution in [3.8, 4) is 6.07 Å². The molecule has 0 aliphatic carbocycles. The standard InChI is InChI=1S/C18H16F2N4/c1-23-17(6-7-21)14-8-12(2-4-15(14)19)3-5-18-16(20)9-13(10-22)11-24-18/h2,4,6-9,11,21,23H,3,5H2,1H3/b17-6-,21-7?. The van der Waals surface area contributed by atoms with Gasteiger partial charge in [-0.25, -0.2) is 8.78 Å². The van der Waals surface area contributed by atoms with Crippen molar-refractivity contribution in [2.24, 2.45) is 0 Å². The van der Waals surface area contributed by atoms with Crippen LogP contribution in [0.5, 0.6) is 0 Å². The van der Waals surface area contributed by atoms with Gasteiger partial charge in [-0.3, -0.25) is 4.98 Å². The van der Waals surface area contributed by atoms with E-state index in [1.165, 1.54) is 18.3 Å². The van der Waals surface area contributed by atoms with Crippen molar-refractivity contribution in [1.82, 2.24) is 10.3 Å². The number of allylic oxidation sites excluding steroid dienone is 1. The molecule has 2 rings (SSSR count). The third-order valence-electron chi connectivity index (χ3n) is 3.54. The van der Waals surface area contributed by atoms with E-state index in [0.717, 1.165) is 17.8 Å². The second kappa shape index (κ2) is 7.97. The van der Waals surface area contributed by atoms with Gasteiger partial charge in [-0.15, -0.1) is 0 Å². The van der Waals surface area contributed by atoms with Crippen LogP contribution in [0.4, 0.5) is 8.78 Å². The fraction of sp³-hybridized carbons (Fsp3) is 0.167. The van der Waals surface area contributed by atoms with Crippen LogP contribution in [0.2, 0.25) is 0 Å². The highest BCUT2D eigenvalue weighted by molar-refractivity contribution is 5.82. The van der Waals surface area contributed by atoms with Crippen LogP contribution in [0.3, 0.4) is 0 Å². The maximum atomic E-state index is 14.0. The van der Waals surface area contributed by atoms with Gasteiger partial charge in [0.1, 0.15) is 17.7 Å². The number of nitrogens with zero attached hydrogens (tertiary/aromatic N) is 2. The highest BCUT2D eigenvalue weighted by Gasteiger charge is 2.10. The number of benzene rings is 1. The molecule has 0 spiro atoms. The molecule has 0 amide bonds. The Balaban J connectivity index is 2.21. The molecule has 0 bridgehead atoms. The largest absolute Gasteiger partial charge is 0.388 e. The second-order valence-corrected chi connectivity index (χ2v) is 5.08. The lowest BCUT2D eigenvalue weighted by Gasteiger charge is -2.10. The molecule has 1 heterocycles. The molecule has 1 aromatic carbocycles. The molecule has 6 heteroatoms. The lowest BCUT2D eigenvalue weighted by molar-refractivity contribution is 0.596. The number of rotatable bonds is 6. The van der Waals surface area contributed by atoms with Crippen molar-refractivity contribution in [3.05, 3.63) is 70.6 Å². The first-order chi connectivity index (χ1) is 11.6. The van der Waals surface area contributed by atoms with E-state index in [1.807, 2.05) is 6.07 Å². The second-order valence-electron chi connectivity index (χ2n) is 5.08. The lowest BCUT2D eigenvalue weighted by atomic mass is 10.0. The van der Waals surface area contributed by atoms with E-state index in [2.05, 4.69) is 10.3 Å². The van der Waals surface area contributed by atoms with Crippen LogP contribution in [-0.2, 0) is 12.8 Å². The number of halogens is 2. The smallest absolute Gasteiger partial charge is 0.146 e. The third kappa shape index (κ3) is 4.02. The van der Waals surface area contributed by atoms with Crippen LogP contribution in [-0.4, -0.2) is 18.2 Å². The molecule has 2 N–H and O–H groups in total. The summed E-state index contributed by atoms with van der Waals surface area (Å²) in [5, 5.41) is 18.7. The van der Waals surface area contributed by atoms with Crippen molar-refractivity contribution in [2.45, 2.75) is 12.8 Å². The van der Waals surface area contributed by atoms with Gasteiger partial charge in [0, 0.05) is 30.7 Å². The zero-order valence-electron chi connectivity index (χ0n) is 13.1. The Labute approximate surface area is 139 Å². The Bertz CT molecular complexity index is 822. The van der Waals surface area contributed by atoms with Gasteiger partial charge in [0.05, 0.1) is 11.3 Å². The molecule has 0 aliphatic heterocycles. The van der Waals surface area contributed by atoms with E-state index >= 15 is 0 Å². The molecule has 4 nitrogen and oxygen atoms in total. The molecule has 0 saturated carbocycles. The summed E-state index contributed by atoms with van der Waals surface area (Å²) in [4.78, 5) is 3.96. The van der Waals surface area contributed by atoms with Gasteiger partial charge >= 0.3 is 0 Å². The molecule has 0 aliphatic rings. The van der Waals surface area contributed by atoms with Crippen molar-refractivity contribution in [3.63, 3.8) is 0 Å². The van der Waals surface area contributed by atoms with Crippen LogP contribution < -0.4 is 5.32 Å². The van der Waals surface area contributed by atoms with Gasteiger partial charge in [0.15, 0.2) is 0 Å². The van der Waals surface area contributed by atoms with Gasteiger partial charge in [-0.1, -0.05) is 6.07 Å². The quantitative estimate of drug-likeness (QED) is 0.801. The molecular formula is C18H16F2N4. The molecule has 0 saturated heterocycles. The first kappa shape index (κ1) is 17.3. The predicted octanol–water partition coefficient (Wildman–Crippen LogP) is 3.23. The summed E-state index contributed by atoms with van der Waals surface area (Å²) in [6.45, 7) is 0. The van der Waals surface area contributed by atoms with Crippen LogP contribution in [0.1, 0.15) is 22.4 Å². The maximum absolute atomic E-state index is 14.0. The third-order valence-corrected chi connectivity index (χ3v) is 3.54. The van der Waals surface area contributed by atoms with E-state index in [-0.39, 0.29) is 11.3 Å². The van der Waals surface area contributed by atoms with Gasteiger partial charge in [0.25, 0.3) is 0 Å². The molecule has 2 aromatic rings. The molecule has 0 radical (unpaired) electrons. The maximum Gasteiger partial charge on any atom is 0.146 e. The van der Waals surface area contributed by atoms with Crippen molar-refractivity contribution < 1.29 is 8.78 Å². The molecule has 1 aromatic heterocycles. The normalized spacial score (nSPS) is 11.0. The van der Waals surface area contributed by atoms with E-state index in [0.29, 0.717) is 24.1 Å². The zero-order chi connectivity index (χ0) is 17.5. The number of nitriles is 1. The van der Waals surface area contributed by atoms with Gasteiger partial charge in [0.2, 0.25) is 0 Å². The van der Waals surface area contributed by atoms with E-state index < -0.39 is 11.6 Å². The minimum absolute atomic E-state index is 0.177. The summed E-state index contributed by atoms with van der Waals surface area (Å²) in [6.07, 6.45) is 4.69. The number of hydrogen-bond acceptors (Lipinski definition) is 4. The summed E-state index contributed by atoms with van der Waals surface area (Å²) in [5.41, 5.74) is 2.11. The number of aromatic nitrogens is 1. The Morgan fingerprint density at radius 2 is 2.08 bits per heavy atom. The summed E-state index contributed by atoms with van der Waals surface area (Å²) < 4.78 is 27.8. The van der Waals surface area contributed by atoms with Gasteiger partial charge in [-0.05, 0) is 42.7 Å². The fourth-order valence-electron chi connectivity index (χ4n) is 2.30. The number of aryl methyl sites for hydroxylation is 2. The van der Waals surface area contributed by atoms with Crippen molar-refractivity contribution in [1.29, 1.82) is 10.7 Å². The number of nitrogens with one attached hydrogen (secondary N) is 2. The number of pyridine rings is 1. The summed E-state index contributed by atoms with van der Waals surface area (Å²) in [7, 11) is 1.65. The Morgan fingerprint density at radius 3 is 2.71 bits per heavy atom. The highest BCUT2D eigenvalue weighted by Crippen LogP contribution is 2.19. The average molecular weight is 326 g/mol. The minimum atomic E-state index is -0.518. The van der Waals surface area contributed by atoms with Crippen molar-refractivity contribution in [2.75, 3.05) is 7.05 Å². The SMILES string of the molecule is CN/C(=C\C=N)c1cc(CCc2ncc(C#N)cc2F)ccc1F. The fourth-order valence-corrected chi connectivity index (χ4v) is 2.30. The molecular weight excluding hydrogens is 310 g/mol. The molecule has 0 fully saturated rings. The molecule has 0 unspecified atom stereocenters. The van der Waals surface area contributed by atoms with E-state index in [4.69, 9.17) is 10.7 Å². The minimum Gasteiger partial charge on any atom is -0.388 e. The predicted molar refractivity (Wildman–Crippen MR) is 88.5 cm³/mol. The number of hydrogen-bond donors (Lipinski definition) is 2. The molecule has 24 heavy (non-hydrogen) atoms. The Morgan fingerprint density at radius 1 is 1.29 bits per heavy atom. The summed E-state index contributed by atoms with van der Waals surface area (Å²) >= 11 is 0. The van der Waals surface area contributed by atoms with Crippen molar-refractivity contribution >= 4 is 11.9 Å². The zero-order valence-corrected chi connectivity index (χ0v) is 13.1. The van der Waals surface area contributed by atoms with E-state index in [1.54, 1.807) is 19.2 Å². The van der Waals surface area contributed by atoms with E-state index in [9.17, 15) is 8.78 Å². The summed E-state index contributed by atoms with van der Waals surface area (Å²) in [6, 6.07) is 7.65. The molecule has 0 atom stereocenters. The van der Waals surface area contributed by atoms with Crippen LogP contribution in [0.25, 0.3) is 5.70 Å². The van der Waals surface area contributed by atoms with Crippen LogP contribution in [0.15, 0.2) is 36.5 Å². The average Bonchev–Trinajstić information content (AvgIpc) is 2.60. The lowest BCUT2D eigenvalue weighted by Crippen LogP contribution is -2.08. The first-order valence-electron chi connectivity index (χ1n) is 7.31. The monoisotopic (exact) mass is 326 g/mol. The molecule has 122 valence electrons. The van der Waals surface area contributed by atoms with Crippen LogP contribution >= 0.6 is 0 Å². The topological polar surface area (TPSA) is 72.6 Å². The highest BCUT2D eigenvalue weighted by atomic mass is 19.1. The van der Waals surface area contributed by atoms with Gasteiger partial charge < -0.3 is 10.7 Å². The Hall–Kier alpha value is -3.07.